The molecule has 1 fully saturated rings. The van der Waals surface area contributed by atoms with E-state index < -0.39 is 21.6 Å². The zero-order valence-electron chi connectivity index (χ0n) is 16.1. The van der Waals surface area contributed by atoms with Crippen molar-refractivity contribution in [2.24, 2.45) is 5.73 Å². The average Bonchev–Trinajstić information content (AvgIpc) is 2.92. The molecule has 1 aliphatic rings. The van der Waals surface area contributed by atoms with Gasteiger partial charge in [-0.2, -0.15) is 4.31 Å². The first kappa shape index (κ1) is 22.9. The number of hydrogen-bond donors (Lipinski definition) is 2. The Labute approximate surface area is 163 Å². The third-order valence-corrected chi connectivity index (χ3v) is 6.61. The van der Waals surface area contributed by atoms with Crippen LogP contribution in [0.15, 0.2) is 17.0 Å². The number of nitrogens with one attached hydrogen (secondary N) is 1. The lowest BCUT2D eigenvalue weighted by atomic mass is 10.1. The zero-order valence-corrected chi connectivity index (χ0v) is 17.8. The summed E-state index contributed by atoms with van der Waals surface area (Å²) in [5.74, 6) is -0.276. The highest BCUT2D eigenvalue weighted by Gasteiger charge is 2.40. The molecular formula is C18H30ClN3O3S. The molecule has 2 rings (SSSR count). The Hall–Kier alpha value is -1.15. The van der Waals surface area contributed by atoms with Crippen molar-refractivity contribution in [3.8, 4) is 0 Å². The maximum absolute atomic E-state index is 13.2. The van der Waals surface area contributed by atoms with Gasteiger partial charge in [0.25, 0.3) is 0 Å². The van der Waals surface area contributed by atoms with Gasteiger partial charge in [-0.3, -0.25) is 4.79 Å². The van der Waals surface area contributed by atoms with Crippen LogP contribution >= 0.6 is 12.4 Å². The van der Waals surface area contributed by atoms with Crippen LogP contribution in [0.3, 0.4) is 0 Å². The van der Waals surface area contributed by atoms with Crippen LogP contribution in [0.2, 0.25) is 0 Å². The van der Waals surface area contributed by atoms with E-state index in [4.69, 9.17) is 5.73 Å². The van der Waals surface area contributed by atoms with Crippen molar-refractivity contribution in [3.05, 3.63) is 28.8 Å². The summed E-state index contributed by atoms with van der Waals surface area (Å²) in [5.41, 5.74) is 7.81. The maximum Gasteiger partial charge on any atom is 0.244 e. The molecule has 3 N–H and O–H groups in total. The fourth-order valence-corrected chi connectivity index (χ4v) is 5.49. The van der Waals surface area contributed by atoms with Gasteiger partial charge in [-0.15, -0.1) is 12.4 Å². The molecule has 1 unspecified atom stereocenters. The highest BCUT2D eigenvalue weighted by molar-refractivity contribution is 7.89. The average molecular weight is 404 g/mol. The van der Waals surface area contributed by atoms with E-state index in [-0.39, 0.29) is 18.3 Å². The van der Waals surface area contributed by atoms with E-state index in [0.29, 0.717) is 42.0 Å². The molecule has 0 spiro atoms. The van der Waals surface area contributed by atoms with Crippen LogP contribution in [-0.2, 0) is 14.8 Å². The lowest BCUT2D eigenvalue weighted by molar-refractivity contribution is -0.124. The summed E-state index contributed by atoms with van der Waals surface area (Å²) in [7, 11) is -3.72. The van der Waals surface area contributed by atoms with E-state index in [1.165, 1.54) is 4.31 Å². The number of nitrogens with two attached hydrogens (primary N) is 1. The minimum absolute atomic E-state index is 0. The van der Waals surface area contributed by atoms with Gasteiger partial charge < -0.3 is 11.1 Å². The third kappa shape index (κ3) is 4.97. The highest BCUT2D eigenvalue weighted by atomic mass is 35.5. The maximum atomic E-state index is 13.2. The molecule has 0 aliphatic carbocycles. The zero-order chi connectivity index (χ0) is 19.0. The number of carbonyl (C=O) groups is 1. The minimum Gasteiger partial charge on any atom is -0.353 e. The highest BCUT2D eigenvalue weighted by Crippen LogP contribution is 2.30. The lowest BCUT2D eigenvalue weighted by Gasteiger charge is -2.27. The monoisotopic (exact) mass is 403 g/mol. The molecule has 1 atom stereocenters. The Morgan fingerprint density at radius 2 is 1.81 bits per heavy atom. The van der Waals surface area contributed by atoms with Gasteiger partial charge in [0.15, 0.2) is 0 Å². The summed E-state index contributed by atoms with van der Waals surface area (Å²) in [4.78, 5) is 12.8. The summed E-state index contributed by atoms with van der Waals surface area (Å²) >= 11 is 0. The molecular weight excluding hydrogens is 374 g/mol. The number of carbonyl (C=O) groups excluding carboxylic acids is 1. The van der Waals surface area contributed by atoms with Gasteiger partial charge in [-0.25, -0.2) is 8.42 Å². The van der Waals surface area contributed by atoms with E-state index in [1.54, 1.807) is 13.8 Å². The van der Waals surface area contributed by atoms with Crippen LogP contribution in [0.4, 0.5) is 0 Å². The van der Waals surface area contributed by atoms with Crippen LogP contribution in [0.1, 0.15) is 43.4 Å². The molecule has 26 heavy (non-hydrogen) atoms. The molecule has 0 radical (unpaired) electrons. The topological polar surface area (TPSA) is 92.5 Å². The van der Waals surface area contributed by atoms with Gasteiger partial charge in [-0.1, -0.05) is 17.7 Å². The number of hydrogen-bond acceptors (Lipinski definition) is 4. The van der Waals surface area contributed by atoms with E-state index in [0.717, 1.165) is 5.56 Å². The second-order valence-corrected chi connectivity index (χ2v) is 9.54. The first-order valence-corrected chi connectivity index (χ1v) is 10.0. The van der Waals surface area contributed by atoms with Crippen molar-refractivity contribution < 1.29 is 13.2 Å². The van der Waals surface area contributed by atoms with Crippen molar-refractivity contribution in [1.82, 2.24) is 9.62 Å². The molecule has 0 bridgehead atoms. The van der Waals surface area contributed by atoms with Crippen molar-refractivity contribution in [2.75, 3.05) is 13.1 Å². The Balaban J connectivity index is 0.00000338. The van der Waals surface area contributed by atoms with Crippen LogP contribution in [0, 0.1) is 20.8 Å². The van der Waals surface area contributed by atoms with Crippen molar-refractivity contribution in [3.63, 3.8) is 0 Å². The second kappa shape index (κ2) is 8.25. The fraction of sp³-hybridized carbons (Fsp3) is 0.611. The first-order valence-electron chi connectivity index (χ1n) is 8.60. The molecule has 8 heteroatoms. The van der Waals surface area contributed by atoms with Gasteiger partial charge in [0.05, 0.1) is 4.90 Å². The number of sulfonamides is 1. The van der Waals surface area contributed by atoms with Gasteiger partial charge in [-0.05, 0) is 58.6 Å². The standard InChI is InChI=1S/C18H29N3O3S.ClH/c1-12-9-13(2)16(14(3)10-12)25(23,24)21-8-6-7-15(21)17(22)20-11-18(4,5)19;/h9-10,15H,6-8,11,19H2,1-5H3,(H,20,22);1H. The molecule has 1 saturated heterocycles. The van der Waals surface area contributed by atoms with Gasteiger partial charge in [0, 0.05) is 18.6 Å². The van der Waals surface area contributed by atoms with Crippen LogP contribution < -0.4 is 11.1 Å². The first-order chi connectivity index (χ1) is 11.4. The molecule has 0 saturated carbocycles. The van der Waals surface area contributed by atoms with Crippen LogP contribution in [0.25, 0.3) is 0 Å². The van der Waals surface area contributed by atoms with Crippen molar-refractivity contribution in [2.45, 2.75) is 63.9 Å². The molecule has 6 nitrogen and oxygen atoms in total. The quantitative estimate of drug-likeness (QED) is 0.786. The van der Waals surface area contributed by atoms with Crippen LogP contribution in [0.5, 0.6) is 0 Å². The number of nitrogens with zero attached hydrogens (tertiary/aromatic N) is 1. The smallest absolute Gasteiger partial charge is 0.244 e. The summed E-state index contributed by atoms with van der Waals surface area (Å²) in [6, 6.07) is 3.05. The molecule has 1 aromatic rings. The van der Waals surface area contributed by atoms with E-state index in [1.807, 2.05) is 32.9 Å². The molecule has 148 valence electrons. The summed E-state index contributed by atoms with van der Waals surface area (Å²) < 4.78 is 27.8. The fourth-order valence-electron chi connectivity index (χ4n) is 3.41. The Morgan fingerprint density at radius 1 is 1.27 bits per heavy atom. The van der Waals surface area contributed by atoms with E-state index >= 15 is 0 Å². The lowest BCUT2D eigenvalue weighted by Crippen LogP contribution is -2.51. The van der Waals surface area contributed by atoms with Crippen molar-refractivity contribution in [1.29, 1.82) is 0 Å². The molecule has 1 amide bonds. The predicted octanol–water partition coefficient (Wildman–Crippen LogP) is 2.04. The SMILES string of the molecule is Cc1cc(C)c(S(=O)(=O)N2CCCC2C(=O)NCC(C)(C)N)c(C)c1.Cl. The van der Waals surface area contributed by atoms with Crippen LogP contribution in [-0.4, -0.2) is 43.3 Å². The Morgan fingerprint density at radius 3 is 2.31 bits per heavy atom. The Kier molecular flexibility index (Phi) is 7.26. The third-order valence-electron chi connectivity index (χ3n) is 4.40. The largest absolute Gasteiger partial charge is 0.353 e. The molecule has 1 aromatic carbocycles. The summed E-state index contributed by atoms with van der Waals surface area (Å²) in [6.07, 6.45) is 1.20. The Bertz CT molecular complexity index is 749. The number of aryl methyl sites for hydroxylation is 3. The number of amides is 1. The predicted molar refractivity (Wildman–Crippen MR) is 106 cm³/mol. The molecule has 0 aromatic heterocycles. The van der Waals surface area contributed by atoms with E-state index in [2.05, 4.69) is 5.32 Å². The van der Waals surface area contributed by atoms with Gasteiger partial charge in [0.1, 0.15) is 6.04 Å². The number of benzene rings is 1. The minimum atomic E-state index is -3.72. The summed E-state index contributed by atoms with van der Waals surface area (Å²) in [5, 5.41) is 2.79. The normalized spacial score (nSPS) is 18.5. The second-order valence-electron chi connectivity index (χ2n) is 7.71. The van der Waals surface area contributed by atoms with Crippen molar-refractivity contribution >= 4 is 28.3 Å². The number of halogens is 1. The molecule has 1 aliphatic heterocycles. The van der Waals surface area contributed by atoms with Gasteiger partial charge >= 0.3 is 0 Å². The molecule has 1 heterocycles. The summed E-state index contributed by atoms with van der Waals surface area (Å²) in [6.45, 7) is 9.84. The number of rotatable bonds is 5. The van der Waals surface area contributed by atoms with Gasteiger partial charge in [0.2, 0.25) is 15.9 Å². The van der Waals surface area contributed by atoms with E-state index in [9.17, 15) is 13.2 Å².